The summed E-state index contributed by atoms with van der Waals surface area (Å²) in [7, 11) is -3.50. The van der Waals surface area contributed by atoms with E-state index in [2.05, 4.69) is 9.71 Å². The Hall–Kier alpha value is -0.940. The number of hydrogen-bond acceptors (Lipinski definition) is 3. The van der Waals surface area contributed by atoms with Crippen LogP contribution in [-0.4, -0.2) is 18.9 Å². The second-order valence-electron chi connectivity index (χ2n) is 5.88. The van der Waals surface area contributed by atoms with Crippen LogP contribution in [0, 0.1) is 6.92 Å². The molecule has 1 aromatic rings. The fraction of sp³-hybridized carbons (Fsp3) is 0.615. The molecular weight excluding hydrogens is 248 g/mol. The minimum atomic E-state index is -3.50. The number of nitrogens with zero attached hydrogens (tertiary/aromatic N) is 1. The molecule has 1 heterocycles. The van der Waals surface area contributed by atoms with E-state index < -0.39 is 15.6 Å². The van der Waals surface area contributed by atoms with Gasteiger partial charge in [-0.05, 0) is 45.2 Å². The Labute approximate surface area is 110 Å². The summed E-state index contributed by atoms with van der Waals surface area (Å²) >= 11 is 0. The topological polar surface area (TPSA) is 59.1 Å². The first kappa shape index (κ1) is 15.1. The van der Waals surface area contributed by atoms with E-state index in [1.807, 2.05) is 40.7 Å². The highest BCUT2D eigenvalue weighted by molar-refractivity contribution is 7.89. The summed E-state index contributed by atoms with van der Waals surface area (Å²) in [6, 6.07) is 1.84. The number of sulfonamides is 1. The van der Waals surface area contributed by atoms with Crippen LogP contribution in [0.4, 0.5) is 0 Å². The van der Waals surface area contributed by atoms with E-state index >= 15 is 0 Å². The van der Waals surface area contributed by atoms with Crippen molar-refractivity contribution >= 4 is 10.0 Å². The number of aromatic nitrogens is 1. The van der Waals surface area contributed by atoms with E-state index in [9.17, 15) is 8.42 Å². The fourth-order valence-electron chi connectivity index (χ4n) is 1.62. The molecule has 0 unspecified atom stereocenters. The molecule has 1 rings (SSSR count). The molecule has 0 amide bonds. The third-order valence-corrected chi connectivity index (χ3v) is 4.29. The minimum absolute atomic E-state index is 0.252. The average Bonchev–Trinajstić information content (AvgIpc) is 2.12. The maximum Gasteiger partial charge on any atom is 0.242 e. The Morgan fingerprint density at radius 1 is 1.28 bits per heavy atom. The molecular formula is C13H22N2O2S. The largest absolute Gasteiger partial charge is 0.260 e. The van der Waals surface area contributed by atoms with Crippen molar-refractivity contribution in [1.29, 1.82) is 0 Å². The van der Waals surface area contributed by atoms with Crippen LogP contribution in [0.5, 0.6) is 0 Å². The van der Waals surface area contributed by atoms with Gasteiger partial charge in [-0.2, -0.15) is 0 Å². The molecule has 4 nitrogen and oxygen atoms in total. The molecule has 1 aromatic heterocycles. The maximum absolute atomic E-state index is 12.2. The van der Waals surface area contributed by atoms with E-state index in [4.69, 9.17) is 0 Å². The van der Waals surface area contributed by atoms with Gasteiger partial charge in [0.2, 0.25) is 10.0 Å². The molecule has 0 radical (unpaired) electrons. The molecule has 5 heteroatoms. The van der Waals surface area contributed by atoms with Gasteiger partial charge in [-0.15, -0.1) is 0 Å². The second-order valence-corrected chi connectivity index (χ2v) is 7.54. The first-order chi connectivity index (χ1) is 8.03. The minimum Gasteiger partial charge on any atom is -0.260 e. The number of rotatable bonds is 3. The van der Waals surface area contributed by atoms with Gasteiger partial charge in [0.15, 0.2) is 0 Å². The standard InChI is InChI=1S/C13H22N2O2S/c1-9(2)11-7-10(3)12(8-14-11)18(16,17)15-13(4,5)6/h7-9,15H,1-6H3. The first-order valence-corrected chi connectivity index (χ1v) is 7.52. The van der Waals surface area contributed by atoms with Gasteiger partial charge < -0.3 is 0 Å². The molecule has 0 fully saturated rings. The van der Waals surface area contributed by atoms with Gasteiger partial charge in [-0.1, -0.05) is 13.8 Å². The maximum atomic E-state index is 12.2. The van der Waals surface area contributed by atoms with Crippen LogP contribution in [-0.2, 0) is 10.0 Å². The molecule has 0 aliphatic carbocycles. The van der Waals surface area contributed by atoms with E-state index in [0.29, 0.717) is 0 Å². The van der Waals surface area contributed by atoms with Crippen LogP contribution in [0.25, 0.3) is 0 Å². The molecule has 0 aliphatic heterocycles. The Kier molecular flexibility index (Phi) is 4.18. The summed E-state index contributed by atoms with van der Waals surface area (Å²) in [4.78, 5) is 4.47. The number of nitrogens with one attached hydrogen (secondary N) is 1. The van der Waals surface area contributed by atoms with Gasteiger partial charge >= 0.3 is 0 Å². The molecule has 18 heavy (non-hydrogen) atoms. The third-order valence-electron chi connectivity index (χ3n) is 2.41. The highest BCUT2D eigenvalue weighted by Crippen LogP contribution is 2.20. The molecule has 0 aliphatic rings. The van der Waals surface area contributed by atoms with Crippen molar-refractivity contribution in [3.63, 3.8) is 0 Å². The first-order valence-electron chi connectivity index (χ1n) is 6.03. The van der Waals surface area contributed by atoms with E-state index in [0.717, 1.165) is 11.3 Å². The molecule has 1 N–H and O–H groups in total. The summed E-state index contributed by atoms with van der Waals surface area (Å²) in [5.41, 5.74) is 1.13. The predicted octanol–water partition coefficient (Wildman–Crippen LogP) is 2.59. The lowest BCUT2D eigenvalue weighted by atomic mass is 10.1. The summed E-state index contributed by atoms with van der Waals surface area (Å²) < 4.78 is 27.0. The monoisotopic (exact) mass is 270 g/mol. The van der Waals surface area contributed by atoms with Gasteiger partial charge in [0, 0.05) is 17.4 Å². The lowest BCUT2D eigenvalue weighted by Crippen LogP contribution is -2.40. The lowest BCUT2D eigenvalue weighted by Gasteiger charge is -2.21. The van der Waals surface area contributed by atoms with E-state index in [1.165, 1.54) is 6.20 Å². The van der Waals surface area contributed by atoms with Gasteiger partial charge in [0.25, 0.3) is 0 Å². The van der Waals surface area contributed by atoms with E-state index in [1.54, 1.807) is 6.92 Å². The molecule has 0 spiro atoms. The SMILES string of the molecule is Cc1cc(C(C)C)ncc1S(=O)(=O)NC(C)(C)C. The Balaban J connectivity index is 3.19. The number of aryl methyl sites for hydroxylation is 1. The quantitative estimate of drug-likeness (QED) is 0.918. The molecule has 0 saturated heterocycles. The van der Waals surface area contributed by atoms with Crippen molar-refractivity contribution in [2.75, 3.05) is 0 Å². The number of hydrogen-bond donors (Lipinski definition) is 1. The summed E-state index contributed by atoms with van der Waals surface area (Å²) in [6.07, 6.45) is 1.44. The molecule has 0 saturated carbocycles. The molecule has 0 aromatic carbocycles. The molecule has 0 atom stereocenters. The average molecular weight is 270 g/mol. The Bertz CT molecular complexity index is 528. The Morgan fingerprint density at radius 3 is 2.22 bits per heavy atom. The number of pyridine rings is 1. The highest BCUT2D eigenvalue weighted by Gasteiger charge is 2.24. The zero-order valence-electron chi connectivity index (χ0n) is 11.9. The third kappa shape index (κ3) is 3.78. The van der Waals surface area contributed by atoms with Crippen molar-refractivity contribution in [2.24, 2.45) is 0 Å². The summed E-state index contributed by atoms with van der Waals surface area (Å²) in [6.45, 7) is 11.3. The predicted molar refractivity (Wildman–Crippen MR) is 73.1 cm³/mol. The van der Waals surface area contributed by atoms with Crippen LogP contribution in [0.15, 0.2) is 17.2 Å². The lowest BCUT2D eigenvalue weighted by molar-refractivity contribution is 0.491. The van der Waals surface area contributed by atoms with Crippen molar-refractivity contribution in [3.05, 3.63) is 23.5 Å². The highest BCUT2D eigenvalue weighted by atomic mass is 32.2. The summed E-state index contributed by atoms with van der Waals surface area (Å²) in [5, 5.41) is 0. The van der Waals surface area contributed by atoms with Crippen molar-refractivity contribution in [1.82, 2.24) is 9.71 Å². The van der Waals surface area contributed by atoms with Crippen LogP contribution in [0.2, 0.25) is 0 Å². The smallest absolute Gasteiger partial charge is 0.242 e. The van der Waals surface area contributed by atoms with Gasteiger partial charge in [-0.25, -0.2) is 13.1 Å². The zero-order valence-corrected chi connectivity index (χ0v) is 12.7. The van der Waals surface area contributed by atoms with Crippen molar-refractivity contribution in [2.45, 2.75) is 57.9 Å². The van der Waals surface area contributed by atoms with Gasteiger partial charge in [0.05, 0.1) is 0 Å². The van der Waals surface area contributed by atoms with Crippen LogP contribution in [0.1, 0.15) is 51.8 Å². The fourth-order valence-corrected chi connectivity index (χ4v) is 3.21. The van der Waals surface area contributed by atoms with Gasteiger partial charge in [0.1, 0.15) is 4.90 Å². The van der Waals surface area contributed by atoms with Crippen molar-refractivity contribution < 1.29 is 8.42 Å². The van der Waals surface area contributed by atoms with Gasteiger partial charge in [-0.3, -0.25) is 4.98 Å². The Morgan fingerprint density at radius 2 is 1.83 bits per heavy atom. The second kappa shape index (κ2) is 4.97. The van der Waals surface area contributed by atoms with Crippen LogP contribution < -0.4 is 4.72 Å². The molecule has 0 bridgehead atoms. The van der Waals surface area contributed by atoms with Crippen LogP contribution >= 0.6 is 0 Å². The normalized spacial score (nSPS) is 13.1. The van der Waals surface area contributed by atoms with Crippen molar-refractivity contribution in [3.8, 4) is 0 Å². The van der Waals surface area contributed by atoms with Crippen LogP contribution in [0.3, 0.4) is 0 Å². The molecule has 102 valence electrons. The van der Waals surface area contributed by atoms with E-state index in [-0.39, 0.29) is 10.8 Å². The zero-order chi connectivity index (χ0) is 14.1. The summed E-state index contributed by atoms with van der Waals surface area (Å²) in [5.74, 6) is 0.288.